The smallest absolute Gasteiger partial charge is 0.491 e. The summed E-state index contributed by atoms with van der Waals surface area (Å²) in [6.45, 7) is 0. The van der Waals surface area contributed by atoms with E-state index in [4.69, 9.17) is 4.74 Å². The topological polar surface area (TPSA) is 83.8 Å². The first-order valence-electron chi connectivity index (χ1n) is 6.78. The summed E-state index contributed by atoms with van der Waals surface area (Å²) in [6, 6.07) is 3.49. The van der Waals surface area contributed by atoms with Gasteiger partial charge in [0.15, 0.2) is 0 Å². The lowest BCUT2D eigenvalue weighted by Crippen LogP contribution is -2.37. The van der Waals surface area contributed by atoms with E-state index in [9.17, 15) is 22.9 Å². The summed E-state index contributed by atoms with van der Waals surface area (Å²) in [6.07, 6.45) is 3.25. The minimum atomic E-state index is -3.12. The number of sulfone groups is 1. The number of benzene rings is 1. The molecule has 1 aromatic carbocycles. The average Bonchev–Trinajstić information content (AvgIpc) is 2.40. The number of hydrogen-bond donors (Lipinski definition) is 2. The zero-order valence-corrected chi connectivity index (χ0v) is 12.5. The van der Waals surface area contributed by atoms with Crippen LogP contribution in [0.3, 0.4) is 0 Å². The molecule has 0 aromatic heterocycles. The lowest BCUT2D eigenvalue weighted by Gasteiger charge is -2.29. The number of hydrogen-bond acceptors (Lipinski definition) is 5. The Hall–Kier alpha value is -1.12. The van der Waals surface area contributed by atoms with Crippen molar-refractivity contribution in [1.82, 2.24) is 0 Å². The van der Waals surface area contributed by atoms with Crippen molar-refractivity contribution in [2.45, 2.75) is 37.0 Å². The number of ether oxygens (including phenoxy) is 1. The molecule has 0 heterocycles. The number of rotatable bonds is 4. The molecule has 0 radical (unpaired) electrons. The van der Waals surface area contributed by atoms with Crippen LogP contribution in [0.4, 0.5) is 4.39 Å². The molecule has 2 atom stereocenters. The molecule has 1 fully saturated rings. The molecule has 0 spiro atoms. The van der Waals surface area contributed by atoms with Crippen LogP contribution in [0.5, 0.6) is 5.75 Å². The lowest BCUT2D eigenvalue weighted by molar-refractivity contribution is 0.157. The van der Waals surface area contributed by atoms with Crippen molar-refractivity contribution in [1.29, 1.82) is 0 Å². The molecular formula is C13H18BFO5S. The molecule has 8 heteroatoms. The highest BCUT2D eigenvalue weighted by atomic mass is 32.2. The minimum Gasteiger partial charge on any atom is -0.491 e. The van der Waals surface area contributed by atoms with Crippen LogP contribution in [0.1, 0.15) is 25.7 Å². The first kappa shape index (κ1) is 16.3. The minimum absolute atomic E-state index is 0.0588. The van der Waals surface area contributed by atoms with Gasteiger partial charge in [-0.05, 0) is 37.5 Å². The molecule has 116 valence electrons. The summed E-state index contributed by atoms with van der Waals surface area (Å²) in [4.78, 5) is 0. The summed E-state index contributed by atoms with van der Waals surface area (Å²) in [5, 5.41) is 18.1. The van der Waals surface area contributed by atoms with Crippen LogP contribution in [0, 0.1) is 5.82 Å². The molecule has 2 unspecified atom stereocenters. The lowest BCUT2D eigenvalue weighted by atomic mass is 9.79. The van der Waals surface area contributed by atoms with Crippen LogP contribution in [0.15, 0.2) is 18.2 Å². The Morgan fingerprint density at radius 3 is 2.67 bits per heavy atom. The standard InChI is InChI=1S/C13H18BFO5S/c1-21(18,19)11-4-2-3-10(8-11)20-13-6-5-9(15)7-12(13)14(16)17/h5-7,10-11,16-17H,2-4,8H2,1H3. The van der Waals surface area contributed by atoms with Gasteiger partial charge in [-0.2, -0.15) is 0 Å². The summed E-state index contributed by atoms with van der Waals surface area (Å²) in [5.74, 6) is -0.423. The van der Waals surface area contributed by atoms with E-state index in [0.717, 1.165) is 18.6 Å². The van der Waals surface area contributed by atoms with Gasteiger partial charge in [0.05, 0.1) is 11.4 Å². The second-order valence-corrected chi connectivity index (χ2v) is 7.74. The average molecular weight is 316 g/mol. The number of halogens is 1. The molecule has 0 aliphatic heterocycles. The largest absolute Gasteiger partial charge is 0.492 e. The molecule has 2 N–H and O–H groups in total. The second-order valence-electron chi connectivity index (χ2n) is 5.41. The third kappa shape index (κ3) is 4.18. The third-order valence-corrected chi connectivity index (χ3v) is 5.37. The van der Waals surface area contributed by atoms with Crippen molar-refractivity contribution in [2.24, 2.45) is 0 Å². The molecule has 5 nitrogen and oxygen atoms in total. The summed E-state index contributed by atoms with van der Waals surface area (Å²) in [5.41, 5.74) is -0.0588. The van der Waals surface area contributed by atoms with Crippen molar-refractivity contribution in [3.05, 3.63) is 24.0 Å². The summed E-state index contributed by atoms with van der Waals surface area (Å²) >= 11 is 0. The van der Waals surface area contributed by atoms with Gasteiger partial charge < -0.3 is 14.8 Å². The van der Waals surface area contributed by atoms with E-state index in [1.54, 1.807) is 0 Å². The molecule has 1 aromatic rings. The van der Waals surface area contributed by atoms with Gasteiger partial charge in [-0.25, -0.2) is 12.8 Å². The fourth-order valence-electron chi connectivity index (χ4n) is 2.61. The molecule has 21 heavy (non-hydrogen) atoms. The van der Waals surface area contributed by atoms with Crippen LogP contribution < -0.4 is 10.2 Å². The van der Waals surface area contributed by atoms with Crippen molar-refractivity contribution < 1.29 is 27.6 Å². The zero-order chi connectivity index (χ0) is 15.6. The Morgan fingerprint density at radius 2 is 2.05 bits per heavy atom. The fraction of sp³-hybridized carbons (Fsp3) is 0.538. The van der Waals surface area contributed by atoms with E-state index >= 15 is 0 Å². The molecule has 1 aliphatic carbocycles. The van der Waals surface area contributed by atoms with E-state index in [1.807, 2.05) is 0 Å². The summed E-state index contributed by atoms with van der Waals surface area (Å²) in [7, 11) is -4.97. The van der Waals surface area contributed by atoms with Gasteiger partial charge >= 0.3 is 7.12 Å². The normalized spacial score (nSPS) is 22.9. The highest BCUT2D eigenvalue weighted by Gasteiger charge is 2.31. The molecule has 0 bridgehead atoms. The second kappa shape index (κ2) is 6.33. The Labute approximate surface area is 123 Å². The van der Waals surface area contributed by atoms with E-state index in [2.05, 4.69) is 0 Å². The predicted molar refractivity (Wildman–Crippen MR) is 77.7 cm³/mol. The van der Waals surface area contributed by atoms with Crippen LogP contribution in [-0.4, -0.2) is 43.2 Å². The Morgan fingerprint density at radius 1 is 1.33 bits per heavy atom. The van der Waals surface area contributed by atoms with Gasteiger partial charge in [-0.3, -0.25) is 0 Å². The predicted octanol–water partition coefficient (Wildman–Crippen LogP) is 0.240. The molecule has 0 saturated heterocycles. The van der Waals surface area contributed by atoms with Crippen molar-refractivity contribution >= 4 is 22.4 Å². The van der Waals surface area contributed by atoms with Crippen LogP contribution in [0.2, 0.25) is 0 Å². The maximum absolute atomic E-state index is 13.1. The third-order valence-electron chi connectivity index (χ3n) is 3.73. The van der Waals surface area contributed by atoms with Crippen molar-refractivity contribution in [3.8, 4) is 5.75 Å². The highest BCUT2D eigenvalue weighted by molar-refractivity contribution is 7.91. The maximum Gasteiger partial charge on any atom is 0.492 e. The van der Waals surface area contributed by atoms with Crippen LogP contribution in [-0.2, 0) is 9.84 Å². The molecule has 0 amide bonds. The van der Waals surface area contributed by atoms with Crippen LogP contribution in [0.25, 0.3) is 0 Å². The van der Waals surface area contributed by atoms with Crippen molar-refractivity contribution in [2.75, 3.05) is 6.26 Å². The SMILES string of the molecule is CS(=O)(=O)C1CCCC(Oc2ccc(F)cc2B(O)O)C1. The maximum atomic E-state index is 13.1. The molecule has 1 aliphatic rings. The quantitative estimate of drug-likeness (QED) is 0.778. The van der Waals surface area contributed by atoms with E-state index in [1.165, 1.54) is 12.3 Å². The van der Waals surface area contributed by atoms with E-state index in [0.29, 0.717) is 19.3 Å². The van der Waals surface area contributed by atoms with Crippen molar-refractivity contribution in [3.63, 3.8) is 0 Å². The van der Waals surface area contributed by atoms with Gasteiger partial charge in [0.1, 0.15) is 21.4 Å². The van der Waals surface area contributed by atoms with Crippen LogP contribution >= 0.6 is 0 Å². The van der Waals surface area contributed by atoms with Gasteiger partial charge in [0.2, 0.25) is 0 Å². The molecule has 2 rings (SSSR count). The Balaban J connectivity index is 2.15. The first-order valence-corrected chi connectivity index (χ1v) is 8.74. The Bertz CT molecular complexity index is 605. The fourth-order valence-corrected chi connectivity index (χ4v) is 3.77. The van der Waals surface area contributed by atoms with E-state index < -0.39 is 28.0 Å². The van der Waals surface area contributed by atoms with E-state index in [-0.39, 0.29) is 17.3 Å². The van der Waals surface area contributed by atoms with Gasteiger partial charge in [0, 0.05) is 18.1 Å². The Kier molecular flexibility index (Phi) is 4.90. The van der Waals surface area contributed by atoms with Gasteiger partial charge in [0.25, 0.3) is 0 Å². The van der Waals surface area contributed by atoms with Gasteiger partial charge in [-0.15, -0.1) is 0 Å². The molecule has 1 saturated carbocycles. The molecular weight excluding hydrogens is 298 g/mol. The monoisotopic (exact) mass is 316 g/mol. The first-order chi connectivity index (χ1) is 9.77. The van der Waals surface area contributed by atoms with Gasteiger partial charge in [-0.1, -0.05) is 0 Å². The summed E-state index contributed by atoms with van der Waals surface area (Å²) < 4.78 is 42.1. The highest BCUT2D eigenvalue weighted by Crippen LogP contribution is 2.27. The zero-order valence-electron chi connectivity index (χ0n) is 11.7.